The van der Waals surface area contributed by atoms with E-state index in [9.17, 15) is 4.79 Å². The molecule has 1 N–H and O–H groups in total. The summed E-state index contributed by atoms with van der Waals surface area (Å²) in [5.74, 6) is 0.104. The zero-order valence-corrected chi connectivity index (χ0v) is 12.0. The molecule has 2 aliphatic rings. The summed E-state index contributed by atoms with van der Waals surface area (Å²) in [4.78, 5) is 21.0. The monoisotopic (exact) mass is 274 g/mol. The number of hydrogen-bond donors (Lipinski definition) is 1. The molecule has 0 unspecified atom stereocenters. The summed E-state index contributed by atoms with van der Waals surface area (Å²) >= 11 is 0. The van der Waals surface area contributed by atoms with Crippen LogP contribution in [0, 0.1) is 0 Å². The molecule has 20 heavy (non-hydrogen) atoms. The van der Waals surface area contributed by atoms with Gasteiger partial charge in [-0.3, -0.25) is 9.78 Å². The van der Waals surface area contributed by atoms with Gasteiger partial charge < -0.3 is 15.1 Å². The van der Waals surface area contributed by atoms with Crippen LogP contribution < -0.4 is 5.32 Å². The second-order valence-corrected chi connectivity index (χ2v) is 5.61. The van der Waals surface area contributed by atoms with E-state index < -0.39 is 0 Å². The first kappa shape index (κ1) is 13.4. The summed E-state index contributed by atoms with van der Waals surface area (Å²) in [6, 6.07) is 2.51. The van der Waals surface area contributed by atoms with E-state index >= 15 is 0 Å². The molecule has 1 saturated carbocycles. The highest BCUT2D eigenvalue weighted by Crippen LogP contribution is 2.24. The van der Waals surface area contributed by atoms with Gasteiger partial charge in [0, 0.05) is 44.6 Å². The summed E-state index contributed by atoms with van der Waals surface area (Å²) in [6.45, 7) is 6.78. The largest absolute Gasteiger partial charge is 0.381 e. The molecule has 1 aliphatic heterocycles. The molecular weight excluding hydrogens is 252 g/mol. The van der Waals surface area contributed by atoms with Gasteiger partial charge in [-0.25, -0.2) is 0 Å². The standard InChI is InChI=1S/C15H22N4O/c1-2-18-5-7-19(8-6-18)15(20)12-9-14(11-16-10-12)17-13-3-4-13/h9-11,13,17H,2-8H2,1H3. The number of hydrogen-bond acceptors (Lipinski definition) is 4. The van der Waals surface area contributed by atoms with Crippen molar-refractivity contribution in [1.29, 1.82) is 0 Å². The molecule has 1 saturated heterocycles. The van der Waals surface area contributed by atoms with Gasteiger partial charge in [-0.05, 0) is 25.5 Å². The van der Waals surface area contributed by atoms with Crippen LogP contribution >= 0.6 is 0 Å². The van der Waals surface area contributed by atoms with Crippen molar-refractivity contribution in [3.63, 3.8) is 0 Å². The zero-order valence-electron chi connectivity index (χ0n) is 12.0. The third-order valence-corrected chi connectivity index (χ3v) is 4.04. The van der Waals surface area contributed by atoms with Crippen LogP contribution in [0.2, 0.25) is 0 Å². The summed E-state index contributed by atoms with van der Waals surface area (Å²) < 4.78 is 0. The summed E-state index contributed by atoms with van der Waals surface area (Å²) in [7, 11) is 0. The van der Waals surface area contributed by atoms with Crippen molar-refractivity contribution < 1.29 is 4.79 Å². The van der Waals surface area contributed by atoms with Crippen molar-refractivity contribution in [2.75, 3.05) is 38.0 Å². The maximum Gasteiger partial charge on any atom is 0.255 e. The van der Waals surface area contributed by atoms with Crippen molar-refractivity contribution in [1.82, 2.24) is 14.8 Å². The van der Waals surface area contributed by atoms with Crippen LogP contribution in [0.3, 0.4) is 0 Å². The molecule has 5 nitrogen and oxygen atoms in total. The van der Waals surface area contributed by atoms with Gasteiger partial charge in [-0.15, -0.1) is 0 Å². The highest BCUT2D eigenvalue weighted by molar-refractivity contribution is 5.94. The van der Waals surface area contributed by atoms with E-state index in [1.165, 1.54) is 12.8 Å². The minimum absolute atomic E-state index is 0.104. The van der Waals surface area contributed by atoms with Crippen LogP contribution in [0.4, 0.5) is 5.69 Å². The van der Waals surface area contributed by atoms with Gasteiger partial charge in [-0.2, -0.15) is 0 Å². The van der Waals surface area contributed by atoms with Gasteiger partial charge in [0.05, 0.1) is 11.3 Å². The van der Waals surface area contributed by atoms with Crippen LogP contribution in [0.15, 0.2) is 18.5 Å². The Labute approximate surface area is 120 Å². The van der Waals surface area contributed by atoms with Crippen LogP contribution in [-0.4, -0.2) is 59.5 Å². The van der Waals surface area contributed by atoms with Gasteiger partial charge in [0.2, 0.25) is 0 Å². The van der Waals surface area contributed by atoms with Gasteiger partial charge >= 0.3 is 0 Å². The molecular formula is C15H22N4O. The molecule has 0 atom stereocenters. The van der Waals surface area contributed by atoms with Crippen molar-refractivity contribution in [3.05, 3.63) is 24.0 Å². The molecule has 1 amide bonds. The summed E-state index contributed by atoms with van der Waals surface area (Å²) in [6.07, 6.45) is 5.91. The van der Waals surface area contributed by atoms with Gasteiger partial charge in [0.25, 0.3) is 5.91 Å². The number of nitrogens with zero attached hydrogens (tertiary/aromatic N) is 3. The van der Waals surface area contributed by atoms with Crippen molar-refractivity contribution in [2.45, 2.75) is 25.8 Å². The van der Waals surface area contributed by atoms with Crippen molar-refractivity contribution >= 4 is 11.6 Å². The third-order valence-electron chi connectivity index (χ3n) is 4.04. The fraction of sp³-hybridized carbons (Fsp3) is 0.600. The maximum atomic E-state index is 12.5. The van der Waals surface area contributed by atoms with Crippen LogP contribution in [0.5, 0.6) is 0 Å². The number of likely N-dealkylation sites (N-methyl/N-ethyl adjacent to an activating group) is 1. The smallest absolute Gasteiger partial charge is 0.255 e. The lowest BCUT2D eigenvalue weighted by molar-refractivity contribution is 0.0643. The molecule has 2 heterocycles. The normalized spacial score (nSPS) is 19.9. The Balaban J connectivity index is 1.64. The predicted octanol–water partition coefficient (Wildman–Crippen LogP) is 1.43. The average Bonchev–Trinajstić information content (AvgIpc) is 3.31. The van der Waals surface area contributed by atoms with Crippen molar-refractivity contribution in [3.8, 4) is 0 Å². The maximum absolute atomic E-state index is 12.5. The van der Waals surface area contributed by atoms with E-state index in [1.807, 2.05) is 11.0 Å². The summed E-state index contributed by atoms with van der Waals surface area (Å²) in [5, 5.41) is 3.39. The first-order valence-electron chi connectivity index (χ1n) is 7.49. The average molecular weight is 274 g/mol. The lowest BCUT2D eigenvalue weighted by Gasteiger charge is -2.34. The molecule has 1 aromatic heterocycles. The Morgan fingerprint density at radius 2 is 2.05 bits per heavy atom. The quantitative estimate of drug-likeness (QED) is 0.902. The number of amides is 1. The van der Waals surface area contributed by atoms with E-state index in [0.717, 1.165) is 38.4 Å². The first-order valence-corrected chi connectivity index (χ1v) is 7.49. The zero-order chi connectivity index (χ0) is 13.9. The highest BCUT2D eigenvalue weighted by Gasteiger charge is 2.23. The summed E-state index contributed by atoms with van der Waals surface area (Å²) in [5.41, 5.74) is 1.66. The number of anilines is 1. The Hall–Kier alpha value is -1.62. The van der Waals surface area contributed by atoms with E-state index in [1.54, 1.807) is 12.4 Å². The lowest BCUT2D eigenvalue weighted by atomic mass is 10.2. The molecule has 0 bridgehead atoms. The number of carbonyl (C=O) groups excluding carboxylic acids is 1. The third kappa shape index (κ3) is 3.10. The first-order chi connectivity index (χ1) is 9.76. The molecule has 1 aromatic rings. The van der Waals surface area contributed by atoms with Crippen LogP contribution in [0.25, 0.3) is 0 Å². The molecule has 2 fully saturated rings. The van der Waals surface area contributed by atoms with E-state index in [-0.39, 0.29) is 5.91 Å². The molecule has 0 radical (unpaired) electrons. The predicted molar refractivity (Wildman–Crippen MR) is 78.9 cm³/mol. The Morgan fingerprint density at radius 1 is 1.30 bits per heavy atom. The minimum Gasteiger partial charge on any atom is -0.381 e. The Bertz CT molecular complexity index is 479. The molecule has 1 aliphatic carbocycles. The van der Waals surface area contributed by atoms with Gasteiger partial charge in [0.15, 0.2) is 0 Å². The fourth-order valence-electron chi connectivity index (χ4n) is 2.55. The molecule has 3 rings (SSSR count). The highest BCUT2D eigenvalue weighted by atomic mass is 16.2. The van der Waals surface area contributed by atoms with Crippen molar-refractivity contribution in [2.24, 2.45) is 0 Å². The number of piperazine rings is 1. The number of aromatic nitrogens is 1. The molecule has 108 valence electrons. The van der Waals surface area contributed by atoms with Crippen LogP contribution in [-0.2, 0) is 0 Å². The lowest BCUT2D eigenvalue weighted by Crippen LogP contribution is -2.48. The van der Waals surface area contributed by atoms with Gasteiger partial charge in [0.1, 0.15) is 0 Å². The second kappa shape index (κ2) is 5.79. The van der Waals surface area contributed by atoms with E-state index in [0.29, 0.717) is 11.6 Å². The molecule has 5 heteroatoms. The Morgan fingerprint density at radius 3 is 2.70 bits per heavy atom. The second-order valence-electron chi connectivity index (χ2n) is 5.61. The van der Waals surface area contributed by atoms with Crippen LogP contribution in [0.1, 0.15) is 30.1 Å². The number of nitrogens with one attached hydrogen (secondary N) is 1. The molecule has 0 spiro atoms. The van der Waals surface area contributed by atoms with E-state index in [4.69, 9.17) is 0 Å². The topological polar surface area (TPSA) is 48.5 Å². The number of rotatable bonds is 4. The number of pyridine rings is 1. The molecule has 0 aromatic carbocycles. The number of carbonyl (C=O) groups is 1. The SMILES string of the molecule is CCN1CCN(C(=O)c2cncc(NC3CC3)c2)CC1. The van der Waals surface area contributed by atoms with E-state index in [2.05, 4.69) is 22.1 Å². The Kier molecular flexibility index (Phi) is 3.87. The fourth-order valence-corrected chi connectivity index (χ4v) is 2.55. The minimum atomic E-state index is 0.104. The van der Waals surface area contributed by atoms with Gasteiger partial charge in [-0.1, -0.05) is 6.92 Å².